The van der Waals surface area contributed by atoms with Gasteiger partial charge in [0.1, 0.15) is 5.75 Å². The number of fused-ring (bicyclic) bond motifs is 1. The molecule has 4 nitrogen and oxygen atoms in total. The smallest absolute Gasteiger partial charge is 0.189 e. The minimum absolute atomic E-state index is 0.176. The van der Waals surface area contributed by atoms with Crippen molar-refractivity contribution in [1.29, 1.82) is 0 Å². The molecule has 0 spiro atoms. The molecule has 1 aromatic rings. The van der Waals surface area contributed by atoms with Crippen LogP contribution >= 0.6 is 15.9 Å². The van der Waals surface area contributed by atoms with Crippen LogP contribution in [0.25, 0.3) is 0 Å². The summed E-state index contributed by atoms with van der Waals surface area (Å²) in [5.74, 6) is 0.756. The van der Waals surface area contributed by atoms with Gasteiger partial charge in [-0.2, -0.15) is 0 Å². The van der Waals surface area contributed by atoms with Crippen molar-refractivity contribution in [2.75, 3.05) is 13.3 Å². The van der Waals surface area contributed by atoms with Crippen molar-refractivity contribution in [3.05, 3.63) is 27.7 Å². The zero-order valence-electron chi connectivity index (χ0n) is 8.07. The highest BCUT2D eigenvalue weighted by Crippen LogP contribution is 2.35. The van der Waals surface area contributed by atoms with Gasteiger partial charge in [0.25, 0.3) is 0 Å². The first-order valence-electron chi connectivity index (χ1n) is 4.64. The van der Waals surface area contributed by atoms with E-state index < -0.39 is 6.10 Å². The van der Waals surface area contributed by atoms with Crippen molar-refractivity contribution < 1.29 is 14.6 Å². The molecule has 82 valence electrons. The van der Waals surface area contributed by atoms with E-state index in [1.807, 2.05) is 12.1 Å². The SMILES string of the molecule is NCC(O)c1c(Br)ccc2c1COCO2. The van der Waals surface area contributed by atoms with Gasteiger partial charge in [0, 0.05) is 22.1 Å². The van der Waals surface area contributed by atoms with Crippen LogP contribution in [-0.2, 0) is 11.3 Å². The number of aliphatic hydroxyl groups is 1. The Morgan fingerprint density at radius 1 is 1.53 bits per heavy atom. The zero-order valence-corrected chi connectivity index (χ0v) is 9.66. The molecule has 1 atom stereocenters. The van der Waals surface area contributed by atoms with Crippen molar-refractivity contribution in [2.24, 2.45) is 5.73 Å². The van der Waals surface area contributed by atoms with Crippen molar-refractivity contribution >= 4 is 15.9 Å². The fraction of sp³-hybridized carbons (Fsp3) is 0.400. The second-order valence-electron chi connectivity index (χ2n) is 3.30. The van der Waals surface area contributed by atoms with Crippen molar-refractivity contribution in [3.8, 4) is 5.75 Å². The van der Waals surface area contributed by atoms with Gasteiger partial charge < -0.3 is 20.3 Å². The lowest BCUT2D eigenvalue weighted by atomic mass is 10.0. The Hall–Kier alpha value is -0.620. The monoisotopic (exact) mass is 273 g/mol. The van der Waals surface area contributed by atoms with Crippen LogP contribution in [-0.4, -0.2) is 18.4 Å². The van der Waals surface area contributed by atoms with Crippen LogP contribution in [0.2, 0.25) is 0 Å². The molecule has 15 heavy (non-hydrogen) atoms. The second kappa shape index (κ2) is 4.49. The van der Waals surface area contributed by atoms with Crippen LogP contribution in [0.3, 0.4) is 0 Å². The van der Waals surface area contributed by atoms with Gasteiger partial charge >= 0.3 is 0 Å². The summed E-state index contributed by atoms with van der Waals surface area (Å²) in [6.45, 7) is 0.878. The number of aliphatic hydroxyl groups excluding tert-OH is 1. The van der Waals surface area contributed by atoms with Gasteiger partial charge in [-0.15, -0.1) is 0 Å². The quantitative estimate of drug-likeness (QED) is 0.853. The Bertz CT molecular complexity index is 370. The average molecular weight is 274 g/mol. The van der Waals surface area contributed by atoms with E-state index in [9.17, 15) is 5.11 Å². The number of ether oxygens (including phenoxy) is 2. The van der Waals surface area contributed by atoms with Gasteiger partial charge in [0.05, 0.1) is 12.7 Å². The van der Waals surface area contributed by atoms with Crippen LogP contribution in [0.5, 0.6) is 5.75 Å². The first-order chi connectivity index (χ1) is 7.24. The molecule has 0 saturated carbocycles. The Morgan fingerprint density at radius 3 is 3.07 bits per heavy atom. The molecule has 1 unspecified atom stereocenters. The second-order valence-corrected chi connectivity index (χ2v) is 4.15. The molecule has 1 aliphatic rings. The summed E-state index contributed by atoms with van der Waals surface area (Å²) < 4.78 is 11.3. The fourth-order valence-corrected chi connectivity index (χ4v) is 2.26. The molecule has 1 aliphatic heterocycles. The molecule has 0 aliphatic carbocycles. The van der Waals surface area contributed by atoms with E-state index in [0.29, 0.717) is 6.61 Å². The Kier molecular flexibility index (Phi) is 3.25. The highest BCUT2D eigenvalue weighted by atomic mass is 79.9. The standard InChI is InChI=1S/C10H12BrNO3/c11-7-1-2-9-6(4-14-5-15-9)10(7)8(13)3-12/h1-2,8,13H,3-5,12H2. The third-order valence-electron chi connectivity index (χ3n) is 2.36. The van der Waals surface area contributed by atoms with Crippen LogP contribution in [0, 0.1) is 0 Å². The topological polar surface area (TPSA) is 64.7 Å². The first kappa shape index (κ1) is 10.9. The van der Waals surface area contributed by atoms with E-state index in [2.05, 4.69) is 15.9 Å². The molecule has 3 N–H and O–H groups in total. The Balaban J connectivity index is 2.50. The summed E-state index contributed by atoms with van der Waals surface area (Å²) >= 11 is 3.39. The molecule has 1 aromatic carbocycles. The molecule has 5 heteroatoms. The van der Waals surface area contributed by atoms with Crippen LogP contribution in [0.1, 0.15) is 17.2 Å². The maximum Gasteiger partial charge on any atom is 0.189 e. The summed E-state index contributed by atoms with van der Waals surface area (Å²) in [5.41, 5.74) is 7.08. The summed E-state index contributed by atoms with van der Waals surface area (Å²) in [6, 6.07) is 3.70. The van der Waals surface area contributed by atoms with Gasteiger partial charge in [0.15, 0.2) is 6.79 Å². The third-order valence-corrected chi connectivity index (χ3v) is 3.05. The summed E-state index contributed by atoms with van der Waals surface area (Å²) in [7, 11) is 0. The van der Waals surface area contributed by atoms with Gasteiger partial charge in [-0.3, -0.25) is 0 Å². The Morgan fingerprint density at radius 2 is 2.33 bits per heavy atom. The molecule has 0 radical (unpaired) electrons. The van der Waals surface area contributed by atoms with Crippen molar-refractivity contribution in [3.63, 3.8) is 0 Å². The molecule has 0 saturated heterocycles. The molecule has 0 fully saturated rings. The van der Waals surface area contributed by atoms with E-state index in [-0.39, 0.29) is 13.3 Å². The minimum Gasteiger partial charge on any atom is -0.467 e. The number of benzene rings is 1. The maximum absolute atomic E-state index is 9.80. The number of rotatable bonds is 2. The van der Waals surface area contributed by atoms with E-state index in [1.165, 1.54) is 0 Å². The van der Waals surface area contributed by atoms with E-state index in [1.54, 1.807) is 0 Å². The zero-order chi connectivity index (χ0) is 10.8. The van der Waals surface area contributed by atoms with Crippen LogP contribution in [0.4, 0.5) is 0 Å². The lowest BCUT2D eigenvalue weighted by molar-refractivity contribution is -0.0180. The fourth-order valence-electron chi connectivity index (χ4n) is 1.63. The number of nitrogens with two attached hydrogens (primary N) is 1. The van der Waals surface area contributed by atoms with Gasteiger partial charge in [0.2, 0.25) is 0 Å². The lowest BCUT2D eigenvalue weighted by Gasteiger charge is -2.23. The number of hydrogen-bond donors (Lipinski definition) is 2. The highest BCUT2D eigenvalue weighted by Gasteiger charge is 2.21. The van der Waals surface area contributed by atoms with E-state index >= 15 is 0 Å². The molecule has 1 heterocycles. The largest absolute Gasteiger partial charge is 0.467 e. The first-order valence-corrected chi connectivity index (χ1v) is 5.43. The van der Waals surface area contributed by atoms with Gasteiger partial charge in [-0.1, -0.05) is 15.9 Å². The minimum atomic E-state index is -0.695. The molecule has 0 aromatic heterocycles. The molecular formula is C10H12BrNO3. The molecule has 2 rings (SSSR count). The van der Waals surface area contributed by atoms with E-state index in [0.717, 1.165) is 21.3 Å². The van der Waals surface area contributed by atoms with Crippen molar-refractivity contribution in [1.82, 2.24) is 0 Å². The maximum atomic E-state index is 9.80. The Labute approximate surface area is 96.1 Å². The highest BCUT2D eigenvalue weighted by molar-refractivity contribution is 9.10. The summed E-state index contributed by atoms with van der Waals surface area (Å²) in [6.07, 6.45) is -0.695. The van der Waals surface area contributed by atoms with Crippen molar-refractivity contribution in [2.45, 2.75) is 12.7 Å². The molecule has 0 amide bonds. The number of hydrogen-bond acceptors (Lipinski definition) is 4. The van der Waals surface area contributed by atoms with Gasteiger partial charge in [-0.05, 0) is 12.1 Å². The normalized spacial score (nSPS) is 16.7. The molecular weight excluding hydrogens is 262 g/mol. The summed E-state index contributed by atoms with van der Waals surface area (Å²) in [4.78, 5) is 0. The molecule has 0 bridgehead atoms. The average Bonchev–Trinajstić information content (AvgIpc) is 2.28. The van der Waals surface area contributed by atoms with E-state index in [4.69, 9.17) is 15.2 Å². The van der Waals surface area contributed by atoms with Gasteiger partial charge in [-0.25, -0.2) is 0 Å². The van der Waals surface area contributed by atoms with Crippen LogP contribution in [0.15, 0.2) is 16.6 Å². The predicted molar refractivity (Wildman–Crippen MR) is 58.4 cm³/mol. The predicted octanol–water partition coefficient (Wildman–Crippen LogP) is 1.31. The summed E-state index contributed by atoms with van der Waals surface area (Å²) in [5, 5.41) is 9.80. The third kappa shape index (κ3) is 2.01. The number of halogens is 1. The lowest BCUT2D eigenvalue weighted by Crippen LogP contribution is -2.18. The van der Waals surface area contributed by atoms with Crippen LogP contribution < -0.4 is 10.5 Å².